The van der Waals surface area contributed by atoms with Gasteiger partial charge in [0.2, 0.25) is 0 Å². The Hall–Kier alpha value is -2.12. The summed E-state index contributed by atoms with van der Waals surface area (Å²) in [5.41, 5.74) is 1.37. The summed E-state index contributed by atoms with van der Waals surface area (Å²) in [5, 5.41) is 11.8. The second-order valence-corrected chi connectivity index (χ2v) is 6.56. The van der Waals surface area contributed by atoms with E-state index in [4.69, 9.17) is 4.74 Å². The summed E-state index contributed by atoms with van der Waals surface area (Å²) >= 11 is 4.50. The van der Waals surface area contributed by atoms with E-state index < -0.39 is 11.2 Å². The third-order valence-corrected chi connectivity index (χ3v) is 4.44. The van der Waals surface area contributed by atoms with Crippen molar-refractivity contribution in [3.63, 3.8) is 0 Å². The van der Waals surface area contributed by atoms with E-state index in [0.29, 0.717) is 23.1 Å². The average molecular weight is 345 g/mol. The first kappa shape index (κ1) is 16.7. The fourth-order valence-electron chi connectivity index (χ4n) is 2.82. The Morgan fingerprint density at radius 2 is 2.17 bits per heavy atom. The van der Waals surface area contributed by atoms with Gasteiger partial charge in [0.05, 0.1) is 10.5 Å². The second-order valence-electron chi connectivity index (χ2n) is 5.83. The first-order valence-corrected chi connectivity index (χ1v) is 8.33. The summed E-state index contributed by atoms with van der Waals surface area (Å²) in [6.07, 6.45) is 3.11. The molecule has 1 aromatic carbocycles. The Kier molecular flexibility index (Phi) is 5.32. The molecule has 0 saturated carbocycles. The molecule has 7 heteroatoms. The second kappa shape index (κ2) is 7.63. The minimum absolute atomic E-state index is 0.377. The molecule has 1 aliphatic rings. The Labute approximate surface area is 146 Å². The minimum Gasteiger partial charge on any atom is -0.426 e. The third kappa shape index (κ3) is 4.04. The van der Waals surface area contributed by atoms with E-state index in [1.165, 1.54) is 0 Å². The third-order valence-electron chi connectivity index (χ3n) is 4.02. The van der Waals surface area contributed by atoms with Gasteiger partial charge in [-0.1, -0.05) is 18.2 Å². The van der Waals surface area contributed by atoms with Gasteiger partial charge >= 0.3 is 6.23 Å². The number of ether oxygens (including phenoxy) is 1. The Morgan fingerprint density at radius 3 is 2.83 bits per heavy atom. The number of thiol groups is 1. The van der Waals surface area contributed by atoms with E-state index in [0.717, 1.165) is 25.1 Å². The molecule has 3 rings (SSSR count). The van der Waals surface area contributed by atoms with Crippen LogP contribution in [0.25, 0.3) is 0 Å². The van der Waals surface area contributed by atoms with Gasteiger partial charge in [0.15, 0.2) is 0 Å². The lowest BCUT2D eigenvalue weighted by Gasteiger charge is -2.19. The molecule has 1 saturated heterocycles. The first-order valence-electron chi connectivity index (χ1n) is 7.82. The van der Waals surface area contributed by atoms with Crippen LogP contribution in [0.5, 0.6) is 5.75 Å². The molecule has 6 nitrogen and oxygen atoms in total. The Balaban J connectivity index is 1.79. The summed E-state index contributed by atoms with van der Waals surface area (Å²) in [4.78, 5) is 17.4. The van der Waals surface area contributed by atoms with Crippen molar-refractivity contribution in [2.24, 2.45) is 0 Å². The van der Waals surface area contributed by atoms with Gasteiger partial charge in [0.1, 0.15) is 5.75 Å². The zero-order chi connectivity index (χ0) is 16.9. The van der Waals surface area contributed by atoms with Crippen molar-refractivity contribution >= 4 is 12.6 Å². The minimum atomic E-state index is -1.23. The van der Waals surface area contributed by atoms with Crippen LogP contribution in [0.4, 0.5) is 0 Å². The molecule has 1 fully saturated rings. The molecule has 0 amide bonds. The lowest BCUT2D eigenvalue weighted by molar-refractivity contribution is -0.570. The van der Waals surface area contributed by atoms with Crippen LogP contribution in [-0.4, -0.2) is 33.1 Å². The summed E-state index contributed by atoms with van der Waals surface area (Å²) in [6.45, 7) is 2.51. The molecule has 0 N–H and O–H groups in total. The quantitative estimate of drug-likeness (QED) is 0.377. The fraction of sp³-hybridized carbons (Fsp3) is 0.353. The highest BCUT2D eigenvalue weighted by atomic mass is 32.1. The first-order chi connectivity index (χ1) is 11.6. The maximum atomic E-state index is 11.4. The van der Waals surface area contributed by atoms with Crippen molar-refractivity contribution in [1.29, 1.82) is 0 Å². The lowest BCUT2D eigenvalue weighted by atomic mass is 10.2. The van der Waals surface area contributed by atoms with Crippen LogP contribution in [0.2, 0.25) is 0 Å². The highest BCUT2D eigenvalue weighted by Gasteiger charge is 2.26. The maximum absolute atomic E-state index is 11.4. The van der Waals surface area contributed by atoms with Crippen LogP contribution in [0.15, 0.2) is 48.8 Å². The van der Waals surface area contributed by atoms with Crippen LogP contribution < -0.4 is 4.74 Å². The van der Waals surface area contributed by atoms with Gasteiger partial charge in [-0.15, -0.1) is 0 Å². The average Bonchev–Trinajstić information content (AvgIpc) is 2.99. The molecule has 2 aromatic rings. The van der Waals surface area contributed by atoms with Crippen molar-refractivity contribution in [2.75, 3.05) is 13.1 Å². The number of nitrogens with zero attached hydrogens (tertiary/aromatic N) is 3. The van der Waals surface area contributed by atoms with Crippen molar-refractivity contribution < 1.29 is 9.66 Å². The number of rotatable bonds is 6. The number of hydrogen-bond acceptors (Lipinski definition) is 6. The molecule has 0 aliphatic carbocycles. The normalized spacial score (nSPS) is 19.1. The van der Waals surface area contributed by atoms with Crippen LogP contribution >= 0.6 is 12.6 Å². The monoisotopic (exact) mass is 345 g/mol. The number of nitro groups is 1. The van der Waals surface area contributed by atoms with Crippen molar-refractivity contribution in [3.05, 3.63) is 70.0 Å². The standard InChI is InChI=1S/C17H19N3O3S/c21-20(22)17(13-4-2-1-3-5-13)23-16-6-8-18-10-14(16)11-19-9-7-15(24)12-19/h1-6,8,10,15,17,24H,7,9,11-12H2. The number of benzene rings is 1. The predicted octanol–water partition coefficient (Wildman–Crippen LogP) is 2.94. The maximum Gasteiger partial charge on any atom is 0.380 e. The molecule has 0 bridgehead atoms. The van der Waals surface area contributed by atoms with Gasteiger partial charge in [-0.25, -0.2) is 0 Å². The zero-order valence-corrected chi connectivity index (χ0v) is 14.0. The van der Waals surface area contributed by atoms with Crippen LogP contribution in [-0.2, 0) is 6.54 Å². The predicted molar refractivity (Wildman–Crippen MR) is 93.7 cm³/mol. The summed E-state index contributed by atoms with van der Waals surface area (Å²) in [7, 11) is 0. The molecule has 0 spiro atoms. The molecular formula is C17H19N3O3S. The van der Waals surface area contributed by atoms with Crippen LogP contribution in [0, 0.1) is 10.1 Å². The molecular weight excluding hydrogens is 326 g/mol. The summed E-state index contributed by atoms with van der Waals surface area (Å²) < 4.78 is 5.75. The van der Waals surface area contributed by atoms with E-state index in [2.05, 4.69) is 22.5 Å². The number of pyridine rings is 1. The van der Waals surface area contributed by atoms with Gasteiger partial charge in [-0.2, -0.15) is 12.6 Å². The van der Waals surface area contributed by atoms with E-state index >= 15 is 0 Å². The van der Waals surface area contributed by atoms with E-state index in [-0.39, 0.29) is 0 Å². The fourth-order valence-corrected chi connectivity index (χ4v) is 3.16. The summed E-state index contributed by atoms with van der Waals surface area (Å²) in [5.74, 6) is 0.498. The SMILES string of the molecule is O=[N+]([O-])C(Oc1ccncc1CN1CCC(S)C1)c1ccccc1. The van der Waals surface area contributed by atoms with Crippen molar-refractivity contribution in [2.45, 2.75) is 24.4 Å². The molecule has 126 valence electrons. The number of hydrogen-bond donors (Lipinski definition) is 1. The molecule has 1 aliphatic heterocycles. The van der Waals surface area contributed by atoms with Gasteiger partial charge in [-0.05, 0) is 31.2 Å². The smallest absolute Gasteiger partial charge is 0.380 e. The highest BCUT2D eigenvalue weighted by Crippen LogP contribution is 2.27. The van der Waals surface area contributed by atoms with Gasteiger partial charge < -0.3 is 4.74 Å². The Morgan fingerprint density at radius 1 is 1.38 bits per heavy atom. The topological polar surface area (TPSA) is 68.5 Å². The molecule has 0 radical (unpaired) electrons. The van der Waals surface area contributed by atoms with E-state index in [1.807, 2.05) is 6.07 Å². The molecule has 2 heterocycles. The summed E-state index contributed by atoms with van der Waals surface area (Å²) in [6, 6.07) is 10.4. The van der Waals surface area contributed by atoms with Crippen molar-refractivity contribution in [1.82, 2.24) is 9.88 Å². The number of aromatic nitrogens is 1. The zero-order valence-electron chi connectivity index (χ0n) is 13.1. The number of likely N-dealkylation sites (tertiary alicyclic amines) is 1. The molecule has 1 aromatic heterocycles. The molecule has 2 unspecified atom stereocenters. The van der Waals surface area contributed by atoms with Crippen LogP contribution in [0.1, 0.15) is 23.8 Å². The Bertz CT molecular complexity index is 698. The molecule has 2 atom stereocenters. The van der Waals surface area contributed by atoms with Gasteiger partial charge in [-0.3, -0.25) is 20.0 Å². The van der Waals surface area contributed by atoms with Crippen LogP contribution in [0.3, 0.4) is 0 Å². The van der Waals surface area contributed by atoms with E-state index in [9.17, 15) is 10.1 Å². The van der Waals surface area contributed by atoms with Gasteiger partial charge in [0, 0.05) is 36.3 Å². The van der Waals surface area contributed by atoms with Gasteiger partial charge in [0.25, 0.3) is 0 Å². The highest BCUT2D eigenvalue weighted by molar-refractivity contribution is 7.81. The lowest BCUT2D eigenvalue weighted by Crippen LogP contribution is -2.22. The molecule has 24 heavy (non-hydrogen) atoms. The largest absolute Gasteiger partial charge is 0.426 e. The van der Waals surface area contributed by atoms with E-state index in [1.54, 1.807) is 42.7 Å². The van der Waals surface area contributed by atoms with Crippen molar-refractivity contribution in [3.8, 4) is 5.75 Å².